The molecule has 0 aliphatic carbocycles. The van der Waals surface area contributed by atoms with Crippen molar-refractivity contribution in [2.75, 3.05) is 18.4 Å². The van der Waals surface area contributed by atoms with Crippen LogP contribution in [0.25, 0.3) is 10.9 Å². The molecule has 1 aromatic carbocycles. The highest BCUT2D eigenvalue weighted by Crippen LogP contribution is 2.27. The molecule has 0 amide bonds. The van der Waals surface area contributed by atoms with Gasteiger partial charge in [0.25, 0.3) is 5.56 Å². The van der Waals surface area contributed by atoms with E-state index in [2.05, 4.69) is 40.7 Å². The van der Waals surface area contributed by atoms with Crippen LogP contribution < -0.4 is 16.2 Å². The number of pyridine rings is 1. The molecule has 1 aromatic heterocycles. The Balaban J connectivity index is 0.00000121. The number of nitrogens with one attached hydrogen (secondary N) is 3. The summed E-state index contributed by atoms with van der Waals surface area (Å²) in [5.41, 5.74) is 4.12. The van der Waals surface area contributed by atoms with Gasteiger partial charge < -0.3 is 15.6 Å². The minimum Gasteiger partial charge on any atom is -0.384 e. The number of hydrogen-bond donors (Lipinski definition) is 3. The summed E-state index contributed by atoms with van der Waals surface area (Å²) >= 11 is 0. The van der Waals surface area contributed by atoms with E-state index in [-0.39, 0.29) is 30.4 Å². The molecule has 1 aliphatic heterocycles. The lowest BCUT2D eigenvalue weighted by Gasteiger charge is -2.19. The Bertz CT molecular complexity index is 685. The lowest BCUT2D eigenvalue weighted by molar-refractivity contribution is 0.676. The van der Waals surface area contributed by atoms with Crippen LogP contribution in [0.5, 0.6) is 0 Å². The molecule has 0 unspecified atom stereocenters. The third-order valence-electron chi connectivity index (χ3n) is 3.84. The van der Waals surface area contributed by atoms with Gasteiger partial charge in [-0.2, -0.15) is 0 Å². The van der Waals surface area contributed by atoms with Crippen LogP contribution in [0.15, 0.2) is 23.0 Å². The summed E-state index contributed by atoms with van der Waals surface area (Å²) in [4.78, 5) is 15.2. The van der Waals surface area contributed by atoms with Crippen molar-refractivity contribution in [3.05, 3.63) is 39.7 Å². The Hall–Kier alpha value is -1.23. The second-order valence-electron chi connectivity index (χ2n) is 5.39. The highest BCUT2D eigenvalue weighted by molar-refractivity contribution is 5.93. The first-order chi connectivity index (χ1) is 9.79. The summed E-state index contributed by atoms with van der Waals surface area (Å²) < 4.78 is 0. The summed E-state index contributed by atoms with van der Waals surface area (Å²) in [6, 6.07) is 6.33. The Morgan fingerprint density at radius 1 is 1.27 bits per heavy atom. The van der Waals surface area contributed by atoms with E-state index in [1.807, 2.05) is 0 Å². The minimum absolute atomic E-state index is 0. The normalized spacial score (nSPS) is 12.8. The van der Waals surface area contributed by atoms with E-state index in [0.29, 0.717) is 0 Å². The first-order valence-corrected chi connectivity index (χ1v) is 7.42. The molecule has 122 valence electrons. The van der Waals surface area contributed by atoms with Crippen LogP contribution in [0.3, 0.4) is 0 Å². The van der Waals surface area contributed by atoms with Crippen LogP contribution in [0.2, 0.25) is 0 Å². The molecule has 3 rings (SSSR count). The third kappa shape index (κ3) is 3.75. The fourth-order valence-electron chi connectivity index (χ4n) is 2.83. The maximum Gasteiger partial charge on any atom is 0.253 e. The lowest BCUT2D eigenvalue weighted by Crippen LogP contribution is -2.22. The lowest BCUT2D eigenvalue weighted by atomic mass is 10.0. The summed E-state index contributed by atoms with van der Waals surface area (Å²) in [6.45, 7) is 4.96. The van der Waals surface area contributed by atoms with Gasteiger partial charge in [0, 0.05) is 24.0 Å². The number of benzene rings is 1. The number of anilines is 1. The van der Waals surface area contributed by atoms with E-state index in [9.17, 15) is 4.79 Å². The van der Waals surface area contributed by atoms with E-state index in [4.69, 9.17) is 0 Å². The topological polar surface area (TPSA) is 56.9 Å². The molecule has 4 nitrogen and oxygen atoms in total. The van der Waals surface area contributed by atoms with Crippen LogP contribution >= 0.6 is 24.8 Å². The quantitative estimate of drug-likeness (QED) is 0.747. The monoisotopic (exact) mass is 343 g/mol. The Kier molecular flexibility index (Phi) is 7.20. The van der Waals surface area contributed by atoms with Gasteiger partial charge in [-0.05, 0) is 37.4 Å². The van der Waals surface area contributed by atoms with E-state index in [1.165, 1.54) is 5.56 Å². The Morgan fingerprint density at radius 2 is 2.09 bits per heavy atom. The van der Waals surface area contributed by atoms with Crippen LogP contribution in [0.4, 0.5) is 5.69 Å². The smallest absolute Gasteiger partial charge is 0.253 e. The standard InChI is InChI=1S/C16H21N3O.2ClH/c1-2-7-17-10-11-5-6-12-14(9-11)19-16(20)13-4-3-8-18-15(12)13;;/h5-6,9,17-18H,2-4,7-8,10H2,1H3,(H,19,20);2*1H. The van der Waals surface area contributed by atoms with E-state index in [1.54, 1.807) is 0 Å². The number of halogens is 2. The van der Waals surface area contributed by atoms with E-state index >= 15 is 0 Å². The number of aromatic nitrogens is 1. The van der Waals surface area contributed by atoms with Crippen LogP contribution in [-0.4, -0.2) is 18.1 Å². The van der Waals surface area contributed by atoms with Crippen molar-refractivity contribution in [3.8, 4) is 0 Å². The molecule has 22 heavy (non-hydrogen) atoms. The van der Waals surface area contributed by atoms with E-state index < -0.39 is 0 Å². The number of hydrogen-bond acceptors (Lipinski definition) is 3. The molecule has 0 bridgehead atoms. The maximum atomic E-state index is 12.1. The van der Waals surface area contributed by atoms with Gasteiger partial charge in [-0.1, -0.05) is 19.1 Å². The molecule has 0 saturated carbocycles. The average molecular weight is 344 g/mol. The number of H-pyrrole nitrogens is 1. The van der Waals surface area contributed by atoms with Crippen molar-refractivity contribution in [1.29, 1.82) is 0 Å². The van der Waals surface area contributed by atoms with Gasteiger partial charge in [-0.15, -0.1) is 24.8 Å². The van der Waals surface area contributed by atoms with Gasteiger partial charge in [-0.3, -0.25) is 4.79 Å². The van der Waals surface area contributed by atoms with Crippen molar-refractivity contribution in [3.63, 3.8) is 0 Å². The molecule has 6 heteroatoms. The summed E-state index contributed by atoms with van der Waals surface area (Å²) in [5, 5.41) is 7.89. The number of fused-ring (bicyclic) bond motifs is 3. The van der Waals surface area contributed by atoms with Gasteiger partial charge in [0.2, 0.25) is 0 Å². The molecule has 1 aliphatic rings. The predicted molar refractivity (Wildman–Crippen MR) is 97.9 cm³/mol. The van der Waals surface area contributed by atoms with Crippen molar-refractivity contribution in [2.45, 2.75) is 32.7 Å². The Labute approximate surface area is 142 Å². The summed E-state index contributed by atoms with van der Waals surface area (Å²) in [6.07, 6.45) is 3.02. The predicted octanol–water partition coefficient (Wildman–Crippen LogP) is 3.23. The van der Waals surface area contributed by atoms with Crippen LogP contribution in [0, 0.1) is 0 Å². The largest absolute Gasteiger partial charge is 0.384 e. The number of aromatic amines is 1. The highest BCUT2D eigenvalue weighted by Gasteiger charge is 2.15. The molecular formula is C16H23Cl2N3O. The third-order valence-corrected chi connectivity index (χ3v) is 3.84. The van der Waals surface area contributed by atoms with E-state index in [0.717, 1.165) is 61.1 Å². The molecule has 0 radical (unpaired) electrons. The molecule has 2 aromatic rings. The molecule has 0 spiro atoms. The zero-order valence-corrected chi connectivity index (χ0v) is 14.3. The zero-order chi connectivity index (χ0) is 13.9. The first-order valence-electron chi connectivity index (χ1n) is 7.42. The molecule has 2 heterocycles. The van der Waals surface area contributed by atoms with Gasteiger partial charge >= 0.3 is 0 Å². The average Bonchev–Trinajstić information content (AvgIpc) is 2.48. The zero-order valence-electron chi connectivity index (χ0n) is 12.7. The molecule has 0 atom stereocenters. The molecule has 0 fully saturated rings. The SMILES string of the molecule is CCCNCc1ccc2c3c(c(=O)[nH]c2c1)CCCN3.Cl.Cl. The Morgan fingerprint density at radius 3 is 2.86 bits per heavy atom. The van der Waals surface area contributed by atoms with Crippen molar-refractivity contribution < 1.29 is 0 Å². The van der Waals surface area contributed by atoms with Gasteiger partial charge in [0.05, 0.1) is 11.2 Å². The fourth-order valence-corrected chi connectivity index (χ4v) is 2.83. The van der Waals surface area contributed by atoms with Gasteiger partial charge in [-0.25, -0.2) is 0 Å². The minimum atomic E-state index is 0. The van der Waals surface area contributed by atoms with Crippen molar-refractivity contribution in [1.82, 2.24) is 10.3 Å². The van der Waals surface area contributed by atoms with Crippen molar-refractivity contribution in [2.24, 2.45) is 0 Å². The van der Waals surface area contributed by atoms with Crippen LogP contribution in [-0.2, 0) is 13.0 Å². The second kappa shape index (κ2) is 8.42. The highest BCUT2D eigenvalue weighted by atomic mass is 35.5. The maximum absolute atomic E-state index is 12.1. The second-order valence-corrected chi connectivity index (χ2v) is 5.39. The van der Waals surface area contributed by atoms with Crippen molar-refractivity contribution >= 4 is 41.4 Å². The first kappa shape index (κ1) is 18.8. The van der Waals surface area contributed by atoms with Gasteiger partial charge in [0.15, 0.2) is 0 Å². The molecule has 3 N–H and O–H groups in total. The molecular weight excluding hydrogens is 321 g/mol. The molecule has 0 saturated heterocycles. The summed E-state index contributed by atoms with van der Waals surface area (Å²) in [5.74, 6) is 0. The fraction of sp³-hybridized carbons (Fsp3) is 0.438. The van der Waals surface area contributed by atoms with Crippen LogP contribution in [0.1, 0.15) is 30.9 Å². The number of rotatable bonds is 4. The van der Waals surface area contributed by atoms with Gasteiger partial charge in [0.1, 0.15) is 0 Å². The summed E-state index contributed by atoms with van der Waals surface area (Å²) in [7, 11) is 0.